The molecule has 1 aliphatic carbocycles. The molecule has 0 radical (unpaired) electrons. The maximum Gasteiger partial charge on any atom is 0.251 e. The number of hydrogen-bond acceptors (Lipinski definition) is 4. The van der Waals surface area contributed by atoms with Crippen molar-refractivity contribution in [1.29, 1.82) is 0 Å². The van der Waals surface area contributed by atoms with E-state index in [1.807, 2.05) is 36.5 Å². The van der Waals surface area contributed by atoms with Crippen LogP contribution in [0.3, 0.4) is 0 Å². The van der Waals surface area contributed by atoms with Crippen molar-refractivity contribution in [2.75, 3.05) is 5.32 Å². The molecule has 30 heavy (non-hydrogen) atoms. The maximum atomic E-state index is 12.2. The van der Waals surface area contributed by atoms with E-state index in [1.165, 1.54) is 6.08 Å². The average Bonchev–Trinajstić information content (AvgIpc) is 3.48. The van der Waals surface area contributed by atoms with E-state index in [1.54, 1.807) is 35.2 Å². The second-order valence-corrected chi connectivity index (χ2v) is 7.23. The number of hydrogen-bond donors (Lipinski definition) is 2. The zero-order chi connectivity index (χ0) is 20.8. The van der Waals surface area contributed by atoms with E-state index in [0.717, 1.165) is 30.5 Å². The smallest absolute Gasteiger partial charge is 0.251 e. The Morgan fingerprint density at radius 1 is 1.10 bits per heavy atom. The van der Waals surface area contributed by atoms with Crippen LogP contribution in [0.4, 0.5) is 5.82 Å². The molecule has 7 nitrogen and oxygen atoms in total. The van der Waals surface area contributed by atoms with Crippen LogP contribution in [-0.2, 0) is 17.8 Å². The molecule has 0 spiro atoms. The first-order chi connectivity index (χ1) is 14.7. The first-order valence-electron chi connectivity index (χ1n) is 9.99. The summed E-state index contributed by atoms with van der Waals surface area (Å²) in [6, 6.07) is 15.1. The van der Waals surface area contributed by atoms with Gasteiger partial charge in [0.05, 0.1) is 0 Å². The summed E-state index contributed by atoms with van der Waals surface area (Å²) in [6.45, 7) is 0.684. The normalized spacial score (nSPS) is 13.3. The Labute approximate surface area is 174 Å². The SMILES string of the molecule is O=C(/C=C/c1ccc(C(=O)NC2CC2)cc1)Nc1ccn(CCc2ccccn2)n1. The molecule has 2 amide bonds. The van der Waals surface area contributed by atoms with Crippen LogP contribution in [0.2, 0.25) is 0 Å². The molecule has 152 valence electrons. The molecule has 1 aromatic carbocycles. The fraction of sp³-hybridized carbons (Fsp3) is 0.217. The Morgan fingerprint density at radius 3 is 2.67 bits per heavy atom. The topological polar surface area (TPSA) is 88.9 Å². The molecule has 7 heteroatoms. The Morgan fingerprint density at radius 2 is 1.93 bits per heavy atom. The Balaban J connectivity index is 1.26. The quantitative estimate of drug-likeness (QED) is 0.568. The number of nitrogens with one attached hydrogen (secondary N) is 2. The summed E-state index contributed by atoms with van der Waals surface area (Å²) in [5.41, 5.74) is 2.46. The first-order valence-corrected chi connectivity index (χ1v) is 9.99. The highest BCUT2D eigenvalue weighted by Gasteiger charge is 2.23. The predicted molar refractivity (Wildman–Crippen MR) is 115 cm³/mol. The lowest BCUT2D eigenvalue weighted by Gasteiger charge is -2.03. The van der Waals surface area contributed by atoms with Crippen molar-refractivity contribution in [1.82, 2.24) is 20.1 Å². The van der Waals surface area contributed by atoms with Gasteiger partial charge < -0.3 is 10.6 Å². The number of carbonyl (C=O) groups excluding carboxylic acids is 2. The number of carbonyl (C=O) groups is 2. The molecule has 3 aromatic rings. The van der Waals surface area contributed by atoms with Gasteiger partial charge in [-0.15, -0.1) is 0 Å². The lowest BCUT2D eigenvalue weighted by Crippen LogP contribution is -2.25. The highest BCUT2D eigenvalue weighted by molar-refractivity contribution is 6.01. The summed E-state index contributed by atoms with van der Waals surface area (Å²) in [7, 11) is 0. The van der Waals surface area contributed by atoms with Gasteiger partial charge in [-0.25, -0.2) is 0 Å². The van der Waals surface area contributed by atoms with Gasteiger partial charge in [-0.1, -0.05) is 18.2 Å². The zero-order valence-corrected chi connectivity index (χ0v) is 16.5. The van der Waals surface area contributed by atoms with Crippen LogP contribution in [0.5, 0.6) is 0 Å². The second kappa shape index (κ2) is 9.17. The van der Waals surface area contributed by atoms with Crippen LogP contribution in [0.15, 0.2) is 67.0 Å². The van der Waals surface area contributed by atoms with Crippen molar-refractivity contribution in [3.05, 3.63) is 83.8 Å². The number of nitrogens with zero attached hydrogens (tertiary/aromatic N) is 3. The molecule has 1 saturated carbocycles. The standard InChI is InChI=1S/C23H23N5O2/c29-22(11-6-17-4-7-18(8-5-17)23(30)25-20-9-10-20)26-21-13-16-28(27-21)15-12-19-3-1-2-14-24-19/h1-8,11,13-14,16,20H,9-10,12,15H2,(H,25,30)(H,26,27,29)/b11-6+. The molecule has 2 aromatic heterocycles. The number of pyridine rings is 1. The Kier molecular flexibility index (Phi) is 5.98. The van der Waals surface area contributed by atoms with Crippen molar-refractivity contribution in [3.8, 4) is 0 Å². The third kappa shape index (κ3) is 5.64. The molecule has 2 N–H and O–H groups in total. The van der Waals surface area contributed by atoms with Gasteiger partial charge in [0.15, 0.2) is 5.82 Å². The molecule has 0 aliphatic heterocycles. The summed E-state index contributed by atoms with van der Waals surface area (Å²) in [5.74, 6) is 0.183. The molecule has 0 unspecified atom stereocenters. The molecule has 0 bridgehead atoms. The van der Waals surface area contributed by atoms with Crippen molar-refractivity contribution in [2.45, 2.75) is 31.8 Å². The molecule has 0 atom stereocenters. The van der Waals surface area contributed by atoms with Gasteiger partial charge in [0.2, 0.25) is 5.91 Å². The van der Waals surface area contributed by atoms with Crippen LogP contribution in [-0.4, -0.2) is 32.6 Å². The summed E-state index contributed by atoms with van der Waals surface area (Å²) >= 11 is 0. The van der Waals surface area contributed by atoms with E-state index in [2.05, 4.69) is 20.7 Å². The van der Waals surface area contributed by atoms with Crippen LogP contribution in [0, 0.1) is 0 Å². The second-order valence-electron chi connectivity index (χ2n) is 7.23. The van der Waals surface area contributed by atoms with E-state index in [4.69, 9.17) is 0 Å². The van der Waals surface area contributed by atoms with Crippen LogP contribution >= 0.6 is 0 Å². The van der Waals surface area contributed by atoms with Gasteiger partial charge in [-0.3, -0.25) is 19.3 Å². The van der Waals surface area contributed by atoms with Crippen molar-refractivity contribution < 1.29 is 9.59 Å². The molecule has 4 rings (SSSR count). The first kappa shape index (κ1) is 19.6. The van der Waals surface area contributed by atoms with E-state index in [9.17, 15) is 9.59 Å². The van der Waals surface area contributed by atoms with Gasteiger partial charge in [0.1, 0.15) is 0 Å². The van der Waals surface area contributed by atoms with E-state index in [0.29, 0.717) is 24.0 Å². The fourth-order valence-electron chi connectivity index (χ4n) is 2.91. The number of benzene rings is 1. The van der Waals surface area contributed by atoms with Crippen LogP contribution in [0.25, 0.3) is 6.08 Å². The van der Waals surface area contributed by atoms with Crippen molar-refractivity contribution in [2.24, 2.45) is 0 Å². The number of amides is 2. The summed E-state index contributed by atoms with van der Waals surface area (Å²) in [4.78, 5) is 28.4. The van der Waals surface area contributed by atoms with E-state index in [-0.39, 0.29) is 11.8 Å². The molecule has 2 heterocycles. The van der Waals surface area contributed by atoms with Gasteiger partial charge in [0, 0.05) is 54.8 Å². The number of aryl methyl sites for hydroxylation is 2. The van der Waals surface area contributed by atoms with E-state index >= 15 is 0 Å². The number of aromatic nitrogens is 3. The van der Waals surface area contributed by atoms with Crippen LogP contribution < -0.4 is 10.6 Å². The molecule has 1 aliphatic rings. The third-order valence-electron chi connectivity index (χ3n) is 4.73. The van der Waals surface area contributed by atoms with Crippen molar-refractivity contribution in [3.63, 3.8) is 0 Å². The minimum Gasteiger partial charge on any atom is -0.349 e. The summed E-state index contributed by atoms with van der Waals surface area (Å²) < 4.78 is 1.78. The lowest BCUT2D eigenvalue weighted by atomic mass is 10.1. The fourth-order valence-corrected chi connectivity index (χ4v) is 2.91. The summed E-state index contributed by atoms with van der Waals surface area (Å²) in [6.07, 6.45) is 9.64. The minimum absolute atomic E-state index is 0.0515. The third-order valence-corrected chi connectivity index (χ3v) is 4.73. The lowest BCUT2D eigenvalue weighted by molar-refractivity contribution is -0.111. The number of rotatable bonds is 8. The minimum atomic E-state index is -0.263. The van der Waals surface area contributed by atoms with Crippen LogP contribution in [0.1, 0.15) is 34.5 Å². The van der Waals surface area contributed by atoms with Gasteiger partial charge in [0.25, 0.3) is 5.91 Å². The highest BCUT2D eigenvalue weighted by Crippen LogP contribution is 2.19. The monoisotopic (exact) mass is 401 g/mol. The maximum absolute atomic E-state index is 12.2. The Hall–Kier alpha value is -3.74. The highest BCUT2D eigenvalue weighted by atomic mass is 16.2. The van der Waals surface area contributed by atoms with E-state index < -0.39 is 0 Å². The Bertz CT molecular complexity index is 1040. The molecule has 0 saturated heterocycles. The number of anilines is 1. The molecule has 1 fully saturated rings. The van der Waals surface area contributed by atoms with Crippen molar-refractivity contribution >= 4 is 23.7 Å². The zero-order valence-electron chi connectivity index (χ0n) is 16.5. The average molecular weight is 401 g/mol. The predicted octanol–water partition coefficient (Wildman–Crippen LogP) is 3.06. The molecular formula is C23H23N5O2. The summed E-state index contributed by atoms with van der Waals surface area (Å²) in [5, 5.41) is 10.1. The largest absolute Gasteiger partial charge is 0.349 e. The molecular weight excluding hydrogens is 378 g/mol. The van der Waals surface area contributed by atoms with Gasteiger partial charge in [-0.2, -0.15) is 5.10 Å². The van der Waals surface area contributed by atoms with Gasteiger partial charge >= 0.3 is 0 Å². The van der Waals surface area contributed by atoms with Gasteiger partial charge in [-0.05, 0) is 48.7 Å².